The third-order valence-electron chi connectivity index (χ3n) is 1.91. The molecule has 2 heteroatoms. The van der Waals surface area contributed by atoms with Crippen molar-refractivity contribution in [2.45, 2.75) is 38.1 Å². The number of hydrogen-bond acceptors (Lipinski definition) is 1. The Morgan fingerprint density at radius 3 is 2.44 bits per heavy atom. The maximum Gasteiger partial charge on any atom is 0.0617 e. The van der Waals surface area contributed by atoms with E-state index in [4.69, 9.17) is 12.2 Å². The molecule has 0 aromatic rings. The van der Waals surface area contributed by atoms with Crippen LogP contribution in [0.4, 0.5) is 0 Å². The Bertz CT molecular complexity index is 86.9. The summed E-state index contributed by atoms with van der Waals surface area (Å²) in [6.07, 6.45) is 6.79. The highest BCUT2D eigenvalue weighted by atomic mass is 32.1. The zero-order valence-corrected chi connectivity index (χ0v) is 6.41. The fourth-order valence-corrected chi connectivity index (χ4v) is 1.56. The van der Waals surface area contributed by atoms with Crippen LogP contribution in [-0.2, 0) is 0 Å². The molecule has 1 aliphatic rings. The zero-order valence-electron chi connectivity index (χ0n) is 5.60. The summed E-state index contributed by atoms with van der Waals surface area (Å²) in [4.78, 5) is 0. The largest absolute Gasteiger partial charge is 0.379 e. The summed E-state index contributed by atoms with van der Waals surface area (Å²) in [5.74, 6) is 0. The Labute approximate surface area is 61.8 Å². The van der Waals surface area contributed by atoms with Crippen molar-refractivity contribution in [1.29, 1.82) is 0 Å². The molecule has 0 heterocycles. The SMILES string of the molecule is S=CNC1CCCCC1. The van der Waals surface area contributed by atoms with Crippen LogP contribution in [0.15, 0.2) is 0 Å². The first-order valence-electron chi connectivity index (χ1n) is 3.63. The Morgan fingerprint density at radius 2 is 1.89 bits per heavy atom. The van der Waals surface area contributed by atoms with Crippen LogP contribution < -0.4 is 5.32 Å². The van der Waals surface area contributed by atoms with Crippen LogP contribution in [0.1, 0.15) is 32.1 Å². The molecule has 52 valence electrons. The van der Waals surface area contributed by atoms with Crippen molar-refractivity contribution >= 4 is 17.7 Å². The molecule has 1 saturated carbocycles. The van der Waals surface area contributed by atoms with E-state index in [-0.39, 0.29) is 0 Å². The minimum absolute atomic E-state index is 0.691. The highest BCUT2D eigenvalue weighted by molar-refractivity contribution is 7.78. The van der Waals surface area contributed by atoms with Gasteiger partial charge in [-0.1, -0.05) is 31.5 Å². The molecule has 1 aliphatic carbocycles. The number of rotatable bonds is 2. The maximum absolute atomic E-state index is 4.70. The van der Waals surface area contributed by atoms with Crippen molar-refractivity contribution in [3.05, 3.63) is 0 Å². The second-order valence-electron chi connectivity index (χ2n) is 2.62. The molecule has 0 aromatic heterocycles. The fourth-order valence-electron chi connectivity index (χ4n) is 1.37. The van der Waals surface area contributed by atoms with Gasteiger partial charge in [0.1, 0.15) is 0 Å². The van der Waals surface area contributed by atoms with Crippen LogP contribution in [0.5, 0.6) is 0 Å². The third kappa shape index (κ3) is 2.31. The van der Waals surface area contributed by atoms with Crippen molar-refractivity contribution in [2.24, 2.45) is 0 Å². The number of thiocarbonyl (C=S) groups is 1. The molecule has 1 nitrogen and oxygen atoms in total. The monoisotopic (exact) mass is 143 g/mol. The molecule has 0 atom stereocenters. The molecule has 0 amide bonds. The second kappa shape index (κ2) is 3.83. The lowest BCUT2D eigenvalue weighted by atomic mass is 9.96. The molecule has 1 N–H and O–H groups in total. The van der Waals surface area contributed by atoms with Crippen molar-refractivity contribution < 1.29 is 0 Å². The van der Waals surface area contributed by atoms with E-state index in [2.05, 4.69) is 5.32 Å². The summed E-state index contributed by atoms with van der Waals surface area (Å²) in [5.41, 5.74) is 1.65. The number of nitrogens with one attached hydrogen (secondary N) is 1. The van der Waals surface area contributed by atoms with Crippen LogP contribution in [-0.4, -0.2) is 11.5 Å². The van der Waals surface area contributed by atoms with E-state index in [1.54, 1.807) is 5.49 Å². The molecule has 0 aromatic carbocycles. The second-order valence-corrected chi connectivity index (χ2v) is 2.86. The Balaban J connectivity index is 2.15. The van der Waals surface area contributed by atoms with E-state index in [1.807, 2.05) is 0 Å². The molecule has 0 aliphatic heterocycles. The smallest absolute Gasteiger partial charge is 0.0617 e. The summed E-state index contributed by atoms with van der Waals surface area (Å²) in [7, 11) is 0. The Hall–Kier alpha value is -0.110. The van der Waals surface area contributed by atoms with Crippen molar-refractivity contribution in [3.8, 4) is 0 Å². The molecule has 0 saturated heterocycles. The molecular weight excluding hydrogens is 130 g/mol. The lowest BCUT2D eigenvalue weighted by Gasteiger charge is -2.20. The van der Waals surface area contributed by atoms with Gasteiger partial charge in [0.15, 0.2) is 0 Å². The predicted molar refractivity (Wildman–Crippen MR) is 43.7 cm³/mol. The standard InChI is InChI=1S/C7H13NS/c9-6-8-7-4-2-1-3-5-7/h6-7H,1-5H2,(H,8,9). The lowest BCUT2D eigenvalue weighted by molar-refractivity contribution is 0.417. The molecule has 0 radical (unpaired) electrons. The van der Waals surface area contributed by atoms with Gasteiger partial charge in [0.2, 0.25) is 0 Å². The molecular formula is C7H13NS. The van der Waals surface area contributed by atoms with E-state index >= 15 is 0 Å². The topological polar surface area (TPSA) is 12.0 Å². The van der Waals surface area contributed by atoms with E-state index in [9.17, 15) is 0 Å². The van der Waals surface area contributed by atoms with Gasteiger partial charge in [0.25, 0.3) is 0 Å². The van der Waals surface area contributed by atoms with Crippen molar-refractivity contribution in [3.63, 3.8) is 0 Å². The minimum atomic E-state index is 0.691. The molecule has 0 spiro atoms. The quantitative estimate of drug-likeness (QED) is 0.592. The van der Waals surface area contributed by atoms with Gasteiger partial charge in [-0.2, -0.15) is 0 Å². The summed E-state index contributed by atoms with van der Waals surface area (Å²) < 4.78 is 0. The van der Waals surface area contributed by atoms with Gasteiger partial charge in [-0.05, 0) is 12.8 Å². The third-order valence-corrected chi connectivity index (χ3v) is 2.04. The predicted octanol–water partition coefficient (Wildman–Crippen LogP) is 1.87. The highest BCUT2D eigenvalue weighted by Gasteiger charge is 2.10. The van der Waals surface area contributed by atoms with E-state index in [0.717, 1.165) is 0 Å². The van der Waals surface area contributed by atoms with E-state index in [0.29, 0.717) is 6.04 Å². The van der Waals surface area contributed by atoms with Gasteiger partial charge in [-0.15, -0.1) is 0 Å². The summed E-state index contributed by atoms with van der Waals surface area (Å²) in [6, 6.07) is 0.691. The highest BCUT2D eigenvalue weighted by Crippen LogP contribution is 2.16. The average Bonchev–Trinajstić information content (AvgIpc) is 1.91. The first-order valence-corrected chi connectivity index (χ1v) is 4.10. The summed E-state index contributed by atoms with van der Waals surface area (Å²) >= 11 is 4.70. The van der Waals surface area contributed by atoms with Gasteiger partial charge in [0, 0.05) is 6.04 Å². The van der Waals surface area contributed by atoms with Crippen LogP contribution in [0, 0.1) is 0 Å². The molecule has 0 bridgehead atoms. The van der Waals surface area contributed by atoms with Gasteiger partial charge < -0.3 is 5.32 Å². The van der Waals surface area contributed by atoms with Gasteiger partial charge in [-0.3, -0.25) is 0 Å². The first kappa shape index (κ1) is 7.00. The molecule has 1 rings (SSSR count). The molecule has 9 heavy (non-hydrogen) atoms. The van der Waals surface area contributed by atoms with Gasteiger partial charge in [0.05, 0.1) is 5.49 Å². The van der Waals surface area contributed by atoms with Gasteiger partial charge in [-0.25, -0.2) is 0 Å². The lowest BCUT2D eigenvalue weighted by Crippen LogP contribution is -2.28. The molecule has 0 unspecified atom stereocenters. The van der Waals surface area contributed by atoms with Crippen LogP contribution in [0.3, 0.4) is 0 Å². The van der Waals surface area contributed by atoms with Crippen molar-refractivity contribution in [2.75, 3.05) is 0 Å². The van der Waals surface area contributed by atoms with E-state index in [1.165, 1.54) is 32.1 Å². The molecule has 1 fully saturated rings. The Kier molecular flexibility index (Phi) is 2.98. The summed E-state index contributed by atoms with van der Waals surface area (Å²) in [5, 5.41) is 3.17. The normalized spacial score (nSPS) is 21.3. The first-order chi connectivity index (χ1) is 4.43. The fraction of sp³-hybridized carbons (Fsp3) is 0.857. The average molecular weight is 143 g/mol. The zero-order chi connectivity index (χ0) is 6.53. The summed E-state index contributed by atoms with van der Waals surface area (Å²) in [6.45, 7) is 0. The number of hydrogen-bond donors (Lipinski definition) is 1. The van der Waals surface area contributed by atoms with Crippen LogP contribution >= 0.6 is 12.2 Å². The van der Waals surface area contributed by atoms with E-state index < -0.39 is 0 Å². The maximum atomic E-state index is 4.70. The Morgan fingerprint density at radius 1 is 1.22 bits per heavy atom. The van der Waals surface area contributed by atoms with Gasteiger partial charge >= 0.3 is 0 Å². The minimum Gasteiger partial charge on any atom is -0.379 e. The van der Waals surface area contributed by atoms with Crippen molar-refractivity contribution in [1.82, 2.24) is 5.32 Å². The van der Waals surface area contributed by atoms with Crippen LogP contribution in [0.2, 0.25) is 0 Å². The van der Waals surface area contributed by atoms with Crippen LogP contribution in [0.25, 0.3) is 0 Å².